The molecule has 0 aliphatic rings. The number of hydrogen-bond acceptors (Lipinski definition) is 6. The maximum absolute atomic E-state index is 12.5. The summed E-state index contributed by atoms with van der Waals surface area (Å²) in [6.07, 6.45) is 0.188. The normalized spacial score (nSPS) is 11.2. The summed E-state index contributed by atoms with van der Waals surface area (Å²) in [5.74, 6) is -0.453. The molecule has 1 aromatic rings. The molecular formula is C13H21N3O3S. The summed E-state index contributed by atoms with van der Waals surface area (Å²) in [7, 11) is 1.34. The van der Waals surface area contributed by atoms with E-state index in [0.29, 0.717) is 23.7 Å². The zero-order chi connectivity index (χ0) is 15.3. The second kappa shape index (κ2) is 6.78. The van der Waals surface area contributed by atoms with Gasteiger partial charge in [0.05, 0.1) is 19.2 Å². The summed E-state index contributed by atoms with van der Waals surface area (Å²) in [4.78, 5) is 25.9. The standard InChI is InChI=1S/C13H21N3O3S/c1-6-16(8-7-9(17)19-5)12(18)10-11(13(2,3)4)14-15-20-10/h6-8H2,1-5H3. The Morgan fingerprint density at radius 1 is 1.35 bits per heavy atom. The van der Waals surface area contributed by atoms with Crippen LogP contribution in [0.4, 0.5) is 0 Å². The first-order chi connectivity index (χ1) is 9.31. The Morgan fingerprint density at radius 2 is 2.00 bits per heavy atom. The van der Waals surface area contributed by atoms with Crippen LogP contribution in [0.1, 0.15) is 49.5 Å². The molecule has 0 spiro atoms. The quantitative estimate of drug-likeness (QED) is 0.776. The van der Waals surface area contributed by atoms with Crippen molar-refractivity contribution in [3.63, 3.8) is 0 Å². The van der Waals surface area contributed by atoms with E-state index in [0.717, 1.165) is 11.5 Å². The van der Waals surface area contributed by atoms with Crippen LogP contribution in [0.15, 0.2) is 0 Å². The summed E-state index contributed by atoms with van der Waals surface area (Å²) < 4.78 is 8.48. The summed E-state index contributed by atoms with van der Waals surface area (Å²) in [6.45, 7) is 8.71. The highest BCUT2D eigenvalue weighted by atomic mass is 32.1. The van der Waals surface area contributed by atoms with Crippen molar-refractivity contribution in [1.29, 1.82) is 0 Å². The van der Waals surface area contributed by atoms with Crippen molar-refractivity contribution >= 4 is 23.4 Å². The topological polar surface area (TPSA) is 72.4 Å². The molecule has 112 valence electrons. The summed E-state index contributed by atoms with van der Waals surface area (Å²) >= 11 is 1.10. The maximum atomic E-state index is 12.5. The Balaban J connectivity index is 2.87. The summed E-state index contributed by atoms with van der Waals surface area (Å²) in [6, 6.07) is 0. The fourth-order valence-corrected chi connectivity index (χ4v) is 2.54. The van der Waals surface area contributed by atoms with Gasteiger partial charge in [0.15, 0.2) is 0 Å². The molecule has 0 bridgehead atoms. The third kappa shape index (κ3) is 4.00. The number of esters is 1. The minimum atomic E-state index is -0.324. The van der Waals surface area contributed by atoms with Crippen LogP contribution in [0.2, 0.25) is 0 Å². The number of methoxy groups -OCH3 is 1. The molecule has 0 aliphatic heterocycles. The van der Waals surface area contributed by atoms with Gasteiger partial charge in [-0.2, -0.15) is 0 Å². The Bertz CT molecular complexity index is 479. The van der Waals surface area contributed by atoms with Crippen molar-refractivity contribution in [3.8, 4) is 0 Å². The Labute approximate surface area is 123 Å². The van der Waals surface area contributed by atoms with Crippen LogP contribution >= 0.6 is 11.5 Å². The average molecular weight is 299 g/mol. The van der Waals surface area contributed by atoms with E-state index in [4.69, 9.17) is 0 Å². The van der Waals surface area contributed by atoms with Crippen molar-refractivity contribution < 1.29 is 14.3 Å². The highest BCUT2D eigenvalue weighted by Crippen LogP contribution is 2.26. The first-order valence-electron chi connectivity index (χ1n) is 6.50. The van der Waals surface area contributed by atoms with Gasteiger partial charge in [0.2, 0.25) is 0 Å². The molecule has 0 saturated heterocycles. The third-order valence-electron chi connectivity index (χ3n) is 2.88. The van der Waals surface area contributed by atoms with E-state index in [-0.39, 0.29) is 23.7 Å². The lowest BCUT2D eigenvalue weighted by molar-refractivity contribution is -0.140. The molecule has 0 radical (unpaired) electrons. The first-order valence-corrected chi connectivity index (χ1v) is 7.27. The molecule has 0 atom stereocenters. The number of carbonyl (C=O) groups excluding carboxylic acids is 2. The maximum Gasteiger partial charge on any atom is 0.307 e. The van der Waals surface area contributed by atoms with Gasteiger partial charge in [0.1, 0.15) is 4.88 Å². The minimum Gasteiger partial charge on any atom is -0.469 e. The van der Waals surface area contributed by atoms with Gasteiger partial charge in [-0.25, -0.2) is 0 Å². The van der Waals surface area contributed by atoms with Crippen LogP contribution in [0.3, 0.4) is 0 Å². The molecule has 7 heteroatoms. The number of carbonyl (C=O) groups is 2. The number of ether oxygens (including phenoxy) is 1. The molecule has 0 aliphatic carbocycles. The summed E-state index contributed by atoms with van der Waals surface area (Å²) in [5, 5.41) is 4.07. The van der Waals surface area contributed by atoms with Crippen LogP contribution in [0.25, 0.3) is 0 Å². The van der Waals surface area contributed by atoms with E-state index in [2.05, 4.69) is 14.3 Å². The zero-order valence-corrected chi connectivity index (χ0v) is 13.4. The molecule has 0 fully saturated rings. The fraction of sp³-hybridized carbons (Fsp3) is 0.692. The smallest absolute Gasteiger partial charge is 0.307 e. The third-order valence-corrected chi connectivity index (χ3v) is 3.59. The van der Waals surface area contributed by atoms with Gasteiger partial charge in [-0.3, -0.25) is 9.59 Å². The van der Waals surface area contributed by atoms with E-state index in [9.17, 15) is 9.59 Å². The first kappa shape index (κ1) is 16.6. The molecule has 20 heavy (non-hydrogen) atoms. The molecule has 0 saturated carbocycles. The van der Waals surface area contributed by atoms with Gasteiger partial charge in [0, 0.05) is 18.5 Å². The molecule has 0 N–H and O–H groups in total. The molecule has 0 aromatic carbocycles. The largest absolute Gasteiger partial charge is 0.469 e. The van der Waals surface area contributed by atoms with Crippen molar-refractivity contribution in [1.82, 2.24) is 14.5 Å². The lowest BCUT2D eigenvalue weighted by atomic mass is 9.91. The van der Waals surface area contributed by atoms with Gasteiger partial charge >= 0.3 is 5.97 Å². The lowest BCUT2D eigenvalue weighted by Crippen LogP contribution is -2.34. The second-order valence-corrected chi connectivity index (χ2v) is 6.17. The van der Waals surface area contributed by atoms with Gasteiger partial charge in [-0.15, -0.1) is 5.10 Å². The van der Waals surface area contributed by atoms with E-state index in [1.165, 1.54) is 7.11 Å². The Morgan fingerprint density at radius 3 is 2.50 bits per heavy atom. The van der Waals surface area contributed by atoms with Crippen molar-refractivity contribution in [3.05, 3.63) is 10.6 Å². The fourth-order valence-electron chi connectivity index (χ4n) is 1.70. The molecule has 1 aromatic heterocycles. The number of rotatable bonds is 5. The lowest BCUT2D eigenvalue weighted by Gasteiger charge is -2.22. The van der Waals surface area contributed by atoms with Crippen LogP contribution in [0.5, 0.6) is 0 Å². The molecule has 1 rings (SSSR count). The van der Waals surface area contributed by atoms with Gasteiger partial charge in [-0.1, -0.05) is 25.3 Å². The van der Waals surface area contributed by atoms with Crippen molar-refractivity contribution in [2.45, 2.75) is 39.5 Å². The van der Waals surface area contributed by atoms with Crippen LogP contribution < -0.4 is 0 Å². The van der Waals surface area contributed by atoms with Crippen LogP contribution in [0, 0.1) is 0 Å². The Kier molecular flexibility index (Phi) is 5.62. The SMILES string of the molecule is CCN(CCC(=O)OC)C(=O)c1snnc1C(C)(C)C. The van der Waals surface area contributed by atoms with Gasteiger partial charge < -0.3 is 9.64 Å². The van der Waals surface area contributed by atoms with Crippen molar-refractivity contribution in [2.75, 3.05) is 20.2 Å². The van der Waals surface area contributed by atoms with Crippen molar-refractivity contribution in [2.24, 2.45) is 0 Å². The molecule has 0 unspecified atom stereocenters. The number of hydrogen-bond donors (Lipinski definition) is 0. The van der Waals surface area contributed by atoms with Crippen LogP contribution in [-0.2, 0) is 14.9 Å². The van der Waals surface area contributed by atoms with E-state index in [1.807, 2.05) is 27.7 Å². The van der Waals surface area contributed by atoms with E-state index >= 15 is 0 Å². The van der Waals surface area contributed by atoms with Crippen LogP contribution in [-0.4, -0.2) is 46.6 Å². The predicted molar refractivity (Wildman–Crippen MR) is 76.8 cm³/mol. The summed E-state index contributed by atoms with van der Waals surface area (Å²) in [5.41, 5.74) is 0.462. The highest BCUT2D eigenvalue weighted by molar-refractivity contribution is 7.08. The van der Waals surface area contributed by atoms with E-state index < -0.39 is 0 Å². The molecule has 1 heterocycles. The monoisotopic (exact) mass is 299 g/mol. The zero-order valence-electron chi connectivity index (χ0n) is 12.6. The molecule has 1 amide bonds. The van der Waals surface area contributed by atoms with E-state index in [1.54, 1.807) is 4.90 Å². The highest BCUT2D eigenvalue weighted by Gasteiger charge is 2.28. The molecule has 6 nitrogen and oxygen atoms in total. The predicted octanol–water partition coefficient (Wildman–Crippen LogP) is 1.86. The molecular weight excluding hydrogens is 278 g/mol. The average Bonchev–Trinajstić information content (AvgIpc) is 2.87. The van der Waals surface area contributed by atoms with Gasteiger partial charge in [-0.05, 0) is 18.5 Å². The number of nitrogens with zero attached hydrogens (tertiary/aromatic N) is 3. The number of amides is 1. The second-order valence-electron chi connectivity index (χ2n) is 5.41. The number of aromatic nitrogens is 2. The van der Waals surface area contributed by atoms with Gasteiger partial charge in [0.25, 0.3) is 5.91 Å². The Hall–Kier alpha value is -1.50. The minimum absolute atomic E-state index is 0.128.